The fourth-order valence-electron chi connectivity index (χ4n) is 4.98. The van der Waals surface area contributed by atoms with Crippen LogP contribution in [0, 0.1) is 0 Å². The van der Waals surface area contributed by atoms with Crippen molar-refractivity contribution in [2.45, 2.75) is 110 Å². The molecule has 0 spiro atoms. The van der Waals surface area contributed by atoms with Crippen molar-refractivity contribution >= 4 is 5.97 Å². The topological polar surface area (TPSA) is 128 Å². The summed E-state index contributed by atoms with van der Waals surface area (Å²) in [6, 6.07) is 0. The summed E-state index contributed by atoms with van der Waals surface area (Å²) in [7, 11) is 0. The molecule has 0 unspecified atom stereocenters. The predicted molar refractivity (Wildman–Crippen MR) is 211 cm³/mol. The molecular formula is C41H82O13. The summed E-state index contributed by atoms with van der Waals surface area (Å²) >= 11 is 0. The predicted octanol–water partition coefficient (Wildman–Crippen LogP) is 6.60. The van der Waals surface area contributed by atoms with Gasteiger partial charge in [0.2, 0.25) is 0 Å². The second-order valence-electron chi connectivity index (χ2n) is 12.9. The molecule has 0 aromatic carbocycles. The van der Waals surface area contributed by atoms with Gasteiger partial charge in [-0.05, 0) is 12.8 Å². The van der Waals surface area contributed by atoms with Gasteiger partial charge in [-0.3, -0.25) is 4.79 Å². The van der Waals surface area contributed by atoms with Gasteiger partial charge in [0.05, 0.1) is 139 Å². The Bertz CT molecular complexity index is 689. The van der Waals surface area contributed by atoms with Gasteiger partial charge in [0, 0.05) is 13.0 Å². The Morgan fingerprint density at radius 3 is 0.778 bits per heavy atom. The molecule has 0 N–H and O–H groups in total. The van der Waals surface area contributed by atoms with Crippen LogP contribution in [-0.4, -0.2) is 158 Å². The van der Waals surface area contributed by atoms with E-state index < -0.39 is 0 Å². The summed E-state index contributed by atoms with van der Waals surface area (Å²) < 4.78 is 65.8. The van der Waals surface area contributed by atoms with Gasteiger partial charge in [0.25, 0.3) is 0 Å². The Morgan fingerprint density at radius 1 is 0.259 bits per heavy atom. The van der Waals surface area contributed by atoms with Gasteiger partial charge in [-0.1, -0.05) is 90.9 Å². The Morgan fingerprint density at radius 2 is 0.481 bits per heavy atom. The zero-order valence-electron chi connectivity index (χ0n) is 34.7. The maximum absolute atomic E-state index is 11.7. The summed E-state index contributed by atoms with van der Waals surface area (Å²) in [5, 5.41) is 0. The Hall–Kier alpha value is -0.970. The first-order chi connectivity index (χ1) is 26.8. The highest BCUT2D eigenvalue weighted by Crippen LogP contribution is 2.09. The molecule has 0 radical (unpaired) electrons. The molecule has 324 valence electrons. The normalized spacial score (nSPS) is 11.5. The van der Waals surface area contributed by atoms with Gasteiger partial charge >= 0.3 is 5.97 Å². The maximum Gasteiger partial charge on any atom is 0.305 e. The molecule has 0 rings (SSSR count). The molecule has 0 aliphatic carbocycles. The molecule has 0 bridgehead atoms. The molecule has 54 heavy (non-hydrogen) atoms. The van der Waals surface area contributed by atoms with Crippen molar-refractivity contribution in [2.75, 3.05) is 152 Å². The number of hydrogen-bond donors (Lipinski definition) is 0. The van der Waals surface area contributed by atoms with Crippen molar-refractivity contribution in [3.63, 3.8) is 0 Å². The van der Waals surface area contributed by atoms with Gasteiger partial charge in [-0.2, -0.15) is 0 Å². The molecule has 0 aliphatic rings. The molecule has 0 atom stereocenters. The third-order valence-corrected chi connectivity index (χ3v) is 8.09. The summed E-state index contributed by atoms with van der Waals surface area (Å²) in [4.78, 5) is 11.7. The third kappa shape index (κ3) is 49.0. The molecule has 0 aromatic heterocycles. The van der Waals surface area contributed by atoms with E-state index in [0.717, 1.165) is 25.9 Å². The lowest BCUT2D eigenvalue weighted by atomic mass is 10.1. The van der Waals surface area contributed by atoms with Crippen molar-refractivity contribution < 1.29 is 61.6 Å². The highest BCUT2D eigenvalue weighted by molar-refractivity contribution is 5.69. The number of unbranched alkanes of at least 4 members (excludes halogenated alkanes) is 12. The fourth-order valence-corrected chi connectivity index (χ4v) is 4.98. The Kier molecular flexibility index (Phi) is 49.2. The van der Waals surface area contributed by atoms with E-state index in [1.54, 1.807) is 0 Å². The molecule has 13 heteroatoms. The van der Waals surface area contributed by atoms with Crippen LogP contribution >= 0.6 is 0 Å². The first kappa shape index (κ1) is 53.0. The van der Waals surface area contributed by atoms with Crippen LogP contribution in [0.15, 0.2) is 0 Å². The monoisotopic (exact) mass is 783 g/mol. The van der Waals surface area contributed by atoms with Gasteiger partial charge in [-0.25, -0.2) is 0 Å². The molecule has 0 fully saturated rings. The van der Waals surface area contributed by atoms with Crippen LogP contribution in [0.3, 0.4) is 0 Å². The molecule has 13 nitrogen and oxygen atoms in total. The van der Waals surface area contributed by atoms with Crippen LogP contribution in [0.2, 0.25) is 0 Å². The largest absolute Gasteiger partial charge is 0.463 e. The van der Waals surface area contributed by atoms with Crippen LogP contribution < -0.4 is 0 Å². The van der Waals surface area contributed by atoms with Crippen LogP contribution in [-0.2, 0) is 61.6 Å². The number of rotatable bonds is 49. The van der Waals surface area contributed by atoms with Crippen molar-refractivity contribution in [2.24, 2.45) is 0 Å². The number of carbonyl (C=O) groups excluding carboxylic acids is 1. The minimum absolute atomic E-state index is 0.142. The van der Waals surface area contributed by atoms with E-state index >= 15 is 0 Å². The average Bonchev–Trinajstić information content (AvgIpc) is 3.18. The number of hydrogen-bond acceptors (Lipinski definition) is 13. The minimum atomic E-state index is -0.142. The van der Waals surface area contributed by atoms with Gasteiger partial charge in [-0.15, -0.1) is 0 Å². The Labute approximate surface area is 329 Å². The highest BCUT2D eigenvalue weighted by Gasteiger charge is 2.03. The van der Waals surface area contributed by atoms with Crippen LogP contribution in [0.1, 0.15) is 110 Å². The van der Waals surface area contributed by atoms with Gasteiger partial charge in [0.15, 0.2) is 0 Å². The highest BCUT2D eigenvalue weighted by atomic mass is 16.6. The van der Waals surface area contributed by atoms with E-state index in [1.807, 2.05) is 0 Å². The van der Waals surface area contributed by atoms with E-state index in [-0.39, 0.29) is 12.6 Å². The second kappa shape index (κ2) is 50.0. The van der Waals surface area contributed by atoms with E-state index in [2.05, 4.69) is 13.8 Å². The number of esters is 1. The number of carbonyl (C=O) groups is 1. The smallest absolute Gasteiger partial charge is 0.305 e. The average molecular weight is 783 g/mol. The lowest BCUT2D eigenvalue weighted by Crippen LogP contribution is -2.15. The first-order valence-corrected chi connectivity index (χ1v) is 21.3. The summed E-state index contributed by atoms with van der Waals surface area (Å²) in [5.41, 5.74) is 0. The van der Waals surface area contributed by atoms with E-state index in [4.69, 9.17) is 56.8 Å². The van der Waals surface area contributed by atoms with E-state index in [9.17, 15) is 4.79 Å². The van der Waals surface area contributed by atoms with Crippen LogP contribution in [0.4, 0.5) is 0 Å². The number of ether oxygens (including phenoxy) is 12. The van der Waals surface area contributed by atoms with E-state index in [1.165, 1.54) is 70.6 Å². The fraction of sp³-hybridized carbons (Fsp3) is 0.976. The lowest BCUT2D eigenvalue weighted by Gasteiger charge is -2.09. The van der Waals surface area contributed by atoms with Crippen molar-refractivity contribution in [3.8, 4) is 0 Å². The Balaban J connectivity index is 3.09. The summed E-state index contributed by atoms with van der Waals surface area (Å²) in [6.07, 6.45) is 17.9. The molecule has 0 heterocycles. The zero-order chi connectivity index (χ0) is 38.9. The van der Waals surface area contributed by atoms with Crippen LogP contribution in [0.5, 0.6) is 0 Å². The minimum Gasteiger partial charge on any atom is -0.463 e. The van der Waals surface area contributed by atoms with Crippen LogP contribution in [0.25, 0.3) is 0 Å². The van der Waals surface area contributed by atoms with Crippen molar-refractivity contribution in [3.05, 3.63) is 0 Å². The van der Waals surface area contributed by atoms with Crippen molar-refractivity contribution in [1.29, 1.82) is 0 Å². The quantitative estimate of drug-likeness (QED) is 0.0486. The molecule has 0 saturated carbocycles. The molecular weight excluding hydrogens is 700 g/mol. The molecule has 0 aliphatic heterocycles. The van der Waals surface area contributed by atoms with Gasteiger partial charge < -0.3 is 56.8 Å². The molecule has 0 aromatic rings. The first-order valence-electron chi connectivity index (χ1n) is 21.3. The molecule has 0 saturated heterocycles. The third-order valence-electron chi connectivity index (χ3n) is 8.09. The SMILES string of the molecule is CCCCCCCCCCOCCOCCOCCOCCOCCOCCOCCOCCOCCOCCOCCOC(=O)CCCCCCCC. The second-order valence-corrected chi connectivity index (χ2v) is 12.9. The van der Waals surface area contributed by atoms with Crippen molar-refractivity contribution in [1.82, 2.24) is 0 Å². The lowest BCUT2D eigenvalue weighted by molar-refractivity contribution is -0.145. The van der Waals surface area contributed by atoms with E-state index in [0.29, 0.717) is 145 Å². The summed E-state index contributed by atoms with van der Waals surface area (Å²) in [5.74, 6) is -0.142. The zero-order valence-corrected chi connectivity index (χ0v) is 34.7. The summed E-state index contributed by atoms with van der Waals surface area (Å²) in [6.45, 7) is 16.4. The maximum atomic E-state index is 11.7. The van der Waals surface area contributed by atoms with Gasteiger partial charge in [0.1, 0.15) is 6.61 Å². The molecule has 0 amide bonds. The standard InChI is InChI=1S/C41H82O13/c1-3-5-7-9-11-12-14-16-18-43-19-20-44-21-22-45-23-24-46-25-26-47-27-28-48-29-30-49-31-32-50-33-34-51-35-36-52-37-38-53-39-40-54-41(42)17-15-13-10-8-6-4-2/h3-40H2,1-2H3.